The average molecular weight is 473 g/mol. The summed E-state index contributed by atoms with van der Waals surface area (Å²) in [5.74, 6) is 1.03. The number of aryl methyl sites for hydroxylation is 1. The molecule has 1 aliphatic rings. The summed E-state index contributed by atoms with van der Waals surface area (Å²) < 4.78 is 13.2. The number of rotatable bonds is 5. The van der Waals surface area contributed by atoms with E-state index >= 15 is 0 Å². The Balaban J connectivity index is 1.63. The average Bonchev–Trinajstić information content (AvgIpc) is 3.15. The molecule has 1 aliphatic heterocycles. The first-order chi connectivity index (χ1) is 12.3. The van der Waals surface area contributed by atoms with E-state index < -0.39 is 25.7 Å². The van der Waals surface area contributed by atoms with E-state index in [4.69, 9.17) is 4.74 Å². The van der Waals surface area contributed by atoms with Crippen molar-refractivity contribution in [3.05, 3.63) is 24.0 Å². The van der Waals surface area contributed by atoms with Gasteiger partial charge in [-0.25, -0.2) is 0 Å². The molecule has 1 saturated heterocycles. The molecule has 1 fully saturated rings. The van der Waals surface area contributed by atoms with Crippen LogP contribution in [0.15, 0.2) is 18.3 Å². The van der Waals surface area contributed by atoms with Crippen LogP contribution in [-0.2, 0) is 11.2 Å². The number of nitrogens with zero attached hydrogens (tertiary/aromatic N) is 3. The van der Waals surface area contributed by atoms with E-state index in [1.165, 1.54) is 0 Å². The Morgan fingerprint density at radius 2 is 2.27 bits per heavy atom. The number of alkyl halides is 2. The van der Waals surface area contributed by atoms with Crippen molar-refractivity contribution in [3.8, 4) is 0 Å². The fraction of sp³-hybridized carbons (Fsp3) is 0.611. The van der Waals surface area contributed by atoms with Crippen LogP contribution in [0.3, 0.4) is 0 Å². The second-order valence-electron chi connectivity index (χ2n) is 7.51. The number of carbonyl (C=O) groups is 1. The van der Waals surface area contributed by atoms with Gasteiger partial charge in [0.2, 0.25) is 0 Å². The molecule has 0 radical (unpaired) electrons. The molecule has 0 bridgehead atoms. The molecule has 1 atom stereocenters. The number of ether oxygens (including phenoxy) is 1. The molecular weight excluding hydrogens is 445 g/mol. The molecule has 2 aromatic rings. The molecule has 0 aromatic carbocycles. The Kier molecular flexibility index (Phi) is 5.89. The number of nitrogens with one attached hydrogen (secondary N) is 2. The third-order valence-electron chi connectivity index (χ3n) is 3.93. The summed E-state index contributed by atoms with van der Waals surface area (Å²) in [5, 5.41) is 7.41. The number of carbonyl (C=O) groups excluding carboxylic acids is 1. The number of amides is 1. The van der Waals surface area contributed by atoms with Crippen molar-refractivity contribution in [2.24, 2.45) is 0 Å². The van der Waals surface area contributed by atoms with E-state index in [2.05, 4.69) is 31.9 Å². The molecule has 1 amide bonds. The standard InChI is InChI=1S/C18H28IN5O2/c1-5-6-13-11-16(24-15(21-13)8-10-20-24)23-19-9-7-14(12-19)22-17(25)26-18(2,3)4/h8,10-11,14,23H,5-7,9,12H2,1-4H3,(H,22,25)/t14-/m0/s1. The first kappa shape index (κ1) is 19.2. The van der Waals surface area contributed by atoms with Crippen LogP contribution in [0.4, 0.5) is 10.6 Å². The van der Waals surface area contributed by atoms with Crippen molar-refractivity contribution in [2.75, 3.05) is 12.4 Å². The zero-order chi connectivity index (χ0) is 18.7. The zero-order valence-corrected chi connectivity index (χ0v) is 18.0. The maximum absolute atomic E-state index is 12.0. The van der Waals surface area contributed by atoms with Crippen LogP contribution in [0.1, 0.15) is 46.2 Å². The Morgan fingerprint density at radius 3 is 3.00 bits per heavy atom. The number of anilines is 1. The van der Waals surface area contributed by atoms with Gasteiger partial charge in [-0.3, -0.25) is 0 Å². The predicted octanol–water partition coefficient (Wildman–Crippen LogP) is 3.81. The van der Waals surface area contributed by atoms with Gasteiger partial charge in [0.25, 0.3) is 0 Å². The van der Waals surface area contributed by atoms with Crippen LogP contribution in [0, 0.1) is 0 Å². The van der Waals surface area contributed by atoms with Crippen LogP contribution < -0.4 is 8.85 Å². The quantitative estimate of drug-likeness (QED) is 0.392. The molecule has 0 spiro atoms. The predicted molar refractivity (Wildman–Crippen MR) is 112 cm³/mol. The summed E-state index contributed by atoms with van der Waals surface area (Å²) in [6.07, 6.45) is 4.51. The van der Waals surface area contributed by atoms with E-state index in [0.717, 1.165) is 45.3 Å². The molecule has 0 saturated carbocycles. The fourth-order valence-electron chi connectivity index (χ4n) is 2.87. The molecular formula is C18H28IN5O2. The van der Waals surface area contributed by atoms with E-state index in [-0.39, 0.29) is 12.1 Å². The first-order valence-corrected chi connectivity index (χ1v) is 13.2. The molecule has 0 unspecified atom stereocenters. The van der Waals surface area contributed by atoms with Gasteiger partial charge in [-0.2, -0.15) is 0 Å². The summed E-state index contributed by atoms with van der Waals surface area (Å²) in [7, 11) is 0. The van der Waals surface area contributed by atoms with Crippen molar-refractivity contribution in [3.63, 3.8) is 0 Å². The summed E-state index contributed by atoms with van der Waals surface area (Å²) in [6.45, 7) is 7.81. The Morgan fingerprint density at radius 1 is 1.46 bits per heavy atom. The number of hydrogen-bond donors (Lipinski definition) is 2. The zero-order valence-electron chi connectivity index (χ0n) is 15.9. The van der Waals surface area contributed by atoms with Crippen LogP contribution >= 0.6 is 20.1 Å². The van der Waals surface area contributed by atoms with Gasteiger partial charge in [0.15, 0.2) is 0 Å². The molecule has 26 heavy (non-hydrogen) atoms. The van der Waals surface area contributed by atoms with E-state index in [1.807, 2.05) is 31.4 Å². The van der Waals surface area contributed by atoms with Gasteiger partial charge in [-0.15, -0.1) is 0 Å². The molecule has 2 aromatic heterocycles. The third kappa shape index (κ3) is 4.99. The molecule has 144 valence electrons. The fourth-order valence-corrected chi connectivity index (χ4v) is 8.41. The molecule has 3 heterocycles. The van der Waals surface area contributed by atoms with E-state index in [1.54, 1.807) is 6.20 Å². The summed E-state index contributed by atoms with van der Waals surface area (Å²) >= 11 is -1.40. The normalized spacial score (nSPS) is 18.9. The van der Waals surface area contributed by atoms with Gasteiger partial charge in [0, 0.05) is 0 Å². The van der Waals surface area contributed by atoms with E-state index in [0.29, 0.717) is 0 Å². The Bertz CT molecular complexity index is 771. The van der Waals surface area contributed by atoms with Gasteiger partial charge in [-0.1, -0.05) is 0 Å². The first-order valence-electron chi connectivity index (χ1n) is 9.05. The third-order valence-corrected chi connectivity index (χ3v) is 9.29. The van der Waals surface area contributed by atoms with Gasteiger partial charge in [-0.05, 0) is 0 Å². The van der Waals surface area contributed by atoms with Crippen molar-refractivity contribution >= 4 is 37.7 Å². The second kappa shape index (κ2) is 7.98. The van der Waals surface area contributed by atoms with Crippen molar-refractivity contribution in [2.45, 2.75) is 58.6 Å². The van der Waals surface area contributed by atoms with Crippen molar-refractivity contribution < 1.29 is 9.53 Å². The number of aromatic nitrogens is 3. The topological polar surface area (TPSA) is 80.5 Å². The van der Waals surface area contributed by atoms with Crippen molar-refractivity contribution in [1.82, 2.24) is 19.9 Å². The van der Waals surface area contributed by atoms with Crippen LogP contribution in [0.25, 0.3) is 5.65 Å². The Labute approximate surface area is 162 Å². The number of hydrogen-bond acceptors (Lipinski definition) is 5. The van der Waals surface area contributed by atoms with Gasteiger partial charge in [0.1, 0.15) is 0 Å². The van der Waals surface area contributed by atoms with Crippen molar-refractivity contribution in [1.29, 1.82) is 0 Å². The molecule has 3 rings (SSSR count). The van der Waals surface area contributed by atoms with Gasteiger partial charge >= 0.3 is 162 Å². The van der Waals surface area contributed by atoms with Crippen LogP contribution in [0.2, 0.25) is 0 Å². The minimum atomic E-state index is -1.40. The SMILES string of the molecule is CCCc1cc(NI2CC[C@H](NC(=O)OC(C)(C)C)C2)n2nccc2n1. The summed E-state index contributed by atoms with van der Waals surface area (Å²) in [6, 6.07) is 4.26. The number of halogens is 1. The molecule has 8 heteroatoms. The second-order valence-corrected chi connectivity index (χ2v) is 12.6. The molecule has 2 N–H and O–H groups in total. The van der Waals surface area contributed by atoms with Crippen LogP contribution in [-0.4, -0.2) is 41.2 Å². The molecule has 0 aliphatic carbocycles. The van der Waals surface area contributed by atoms with Gasteiger partial charge < -0.3 is 0 Å². The summed E-state index contributed by atoms with van der Waals surface area (Å²) in [5.41, 5.74) is 1.52. The van der Waals surface area contributed by atoms with Gasteiger partial charge in [0.05, 0.1) is 0 Å². The minimum absolute atomic E-state index is 0.201. The molecule has 7 nitrogen and oxygen atoms in total. The Hall–Kier alpha value is -1.58. The van der Waals surface area contributed by atoms with E-state index in [9.17, 15) is 4.79 Å². The van der Waals surface area contributed by atoms with Crippen LogP contribution in [0.5, 0.6) is 0 Å². The number of fused-ring (bicyclic) bond motifs is 1. The monoisotopic (exact) mass is 473 g/mol. The number of alkyl carbamates (subject to hydrolysis) is 1. The maximum atomic E-state index is 12.0. The summed E-state index contributed by atoms with van der Waals surface area (Å²) in [4.78, 5) is 16.6.